The van der Waals surface area contributed by atoms with Crippen molar-refractivity contribution in [3.8, 4) is 0 Å². The Morgan fingerprint density at radius 2 is 1.96 bits per heavy atom. The molecule has 3 amide bonds. The summed E-state index contributed by atoms with van der Waals surface area (Å²) in [5.41, 5.74) is 2.39. The van der Waals surface area contributed by atoms with Crippen LogP contribution >= 0.6 is 11.3 Å². The average molecular weight is 354 g/mol. The summed E-state index contributed by atoms with van der Waals surface area (Å²) < 4.78 is 0. The molecule has 2 aliphatic rings. The summed E-state index contributed by atoms with van der Waals surface area (Å²) in [6.07, 6.45) is 2.61. The fourth-order valence-corrected chi connectivity index (χ4v) is 4.88. The first kappa shape index (κ1) is 16.3. The summed E-state index contributed by atoms with van der Waals surface area (Å²) in [7, 11) is 0. The van der Waals surface area contributed by atoms with Crippen LogP contribution in [0.3, 0.4) is 0 Å². The SMILES string of the molecule is CC(C)c1ccc(CN2C(=O)N[C@@]3(CCCc4sccc43)C2=O)cc1. The lowest BCUT2D eigenvalue weighted by atomic mass is 9.80. The molecular formula is C20H22N2O2S. The van der Waals surface area contributed by atoms with Gasteiger partial charge in [-0.1, -0.05) is 38.1 Å². The van der Waals surface area contributed by atoms with Gasteiger partial charge in [-0.15, -0.1) is 11.3 Å². The second-order valence-corrected chi connectivity index (χ2v) is 8.23. The molecule has 1 spiro atoms. The number of amides is 3. The predicted octanol–water partition coefficient (Wildman–Crippen LogP) is 4.16. The highest BCUT2D eigenvalue weighted by Crippen LogP contribution is 2.42. The largest absolute Gasteiger partial charge is 0.325 e. The minimum Gasteiger partial charge on any atom is -0.319 e. The summed E-state index contributed by atoms with van der Waals surface area (Å²) in [6, 6.07) is 9.89. The third kappa shape index (κ3) is 2.58. The topological polar surface area (TPSA) is 49.4 Å². The smallest absolute Gasteiger partial charge is 0.319 e. The third-order valence-corrected chi connectivity index (χ3v) is 6.30. The van der Waals surface area contributed by atoms with E-state index in [-0.39, 0.29) is 11.9 Å². The number of imide groups is 1. The molecule has 2 heterocycles. The van der Waals surface area contributed by atoms with Crippen molar-refractivity contribution in [1.29, 1.82) is 0 Å². The van der Waals surface area contributed by atoms with Crippen molar-refractivity contribution < 1.29 is 9.59 Å². The summed E-state index contributed by atoms with van der Waals surface area (Å²) in [5, 5.41) is 5.02. The molecule has 1 aromatic carbocycles. The van der Waals surface area contributed by atoms with Crippen LogP contribution < -0.4 is 5.32 Å². The van der Waals surface area contributed by atoms with Crippen LogP contribution in [-0.4, -0.2) is 16.8 Å². The summed E-state index contributed by atoms with van der Waals surface area (Å²) in [6.45, 7) is 4.62. The van der Waals surface area contributed by atoms with E-state index < -0.39 is 5.54 Å². The van der Waals surface area contributed by atoms with E-state index in [0.717, 1.165) is 24.0 Å². The van der Waals surface area contributed by atoms with Crippen LogP contribution in [0.4, 0.5) is 4.79 Å². The molecule has 2 aromatic rings. The maximum Gasteiger partial charge on any atom is 0.325 e. The first-order chi connectivity index (χ1) is 12.0. The first-order valence-electron chi connectivity index (χ1n) is 8.81. The molecule has 0 unspecified atom stereocenters. The number of fused-ring (bicyclic) bond motifs is 2. The predicted molar refractivity (Wildman–Crippen MR) is 98.5 cm³/mol. The van der Waals surface area contributed by atoms with Crippen molar-refractivity contribution in [3.05, 3.63) is 57.3 Å². The Kier molecular flexibility index (Phi) is 3.91. The highest BCUT2D eigenvalue weighted by atomic mass is 32.1. The third-order valence-electron chi connectivity index (χ3n) is 5.32. The van der Waals surface area contributed by atoms with E-state index in [1.807, 2.05) is 23.6 Å². The van der Waals surface area contributed by atoms with Crippen LogP contribution in [0.25, 0.3) is 0 Å². The Hall–Kier alpha value is -2.14. The van der Waals surface area contributed by atoms with Gasteiger partial charge in [-0.3, -0.25) is 9.69 Å². The number of carbonyl (C=O) groups is 2. The lowest BCUT2D eigenvalue weighted by molar-refractivity contribution is -0.132. The summed E-state index contributed by atoms with van der Waals surface area (Å²) in [4.78, 5) is 28.3. The van der Waals surface area contributed by atoms with Gasteiger partial charge >= 0.3 is 6.03 Å². The number of benzene rings is 1. The monoisotopic (exact) mass is 354 g/mol. The molecule has 4 nitrogen and oxygen atoms in total. The Labute approximate surface area is 151 Å². The van der Waals surface area contributed by atoms with E-state index in [0.29, 0.717) is 18.9 Å². The highest BCUT2D eigenvalue weighted by Gasteiger charge is 2.54. The van der Waals surface area contributed by atoms with Crippen LogP contribution in [0.5, 0.6) is 0 Å². The minimum atomic E-state index is -0.845. The van der Waals surface area contributed by atoms with Gasteiger partial charge in [-0.05, 0) is 47.8 Å². The Bertz CT molecular complexity index is 824. The molecule has 0 radical (unpaired) electrons. The molecule has 0 saturated carbocycles. The molecule has 1 fully saturated rings. The maximum absolute atomic E-state index is 13.2. The Morgan fingerprint density at radius 1 is 1.20 bits per heavy atom. The summed E-state index contributed by atoms with van der Waals surface area (Å²) in [5.74, 6) is 0.359. The number of nitrogens with one attached hydrogen (secondary N) is 1. The van der Waals surface area contributed by atoms with Crippen molar-refractivity contribution in [3.63, 3.8) is 0 Å². The van der Waals surface area contributed by atoms with Crippen molar-refractivity contribution in [2.75, 3.05) is 0 Å². The molecule has 25 heavy (non-hydrogen) atoms. The van der Waals surface area contributed by atoms with E-state index in [1.54, 1.807) is 11.3 Å². The second kappa shape index (κ2) is 5.99. The molecule has 130 valence electrons. The number of urea groups is 1. The van der Waals surface area contributed by atoms with E-state index in [9.17, 15) is 9.59 Å². The van der Waals surface area contributed by atoms with Gasteiger partial charge in [0.15, 0.2) is 0 Å². The zero-order valence-electron chi connectivity index (χ0n) is 14.5. The molecule has 1 atom stereocenters. The maximum atomic E-state index is 13.2. The number of hydrogen-bond acceptors (Lipinski definition) is 3. The number of carbonyl (C=O) groups excluding carboxylic acids is 2. The standard InChI is InChI=1S/C20H22N2O2S/c1-13(2)15-7-5-14(6-8-15)12-22-18(23)20(21-19(22)24)10-3-4-17-16(20)9-11-25-17/h5-9,11,13H,3-4,10,12H2,1-2H3,(H,21,24)/t20-/m1/s1. The van der Waals surface area contributed by atoms with Gasteiger partial charge in [0.1, 0.15) is 5.54 Å². The quantitative estimate of drug-likeness (QED) is 0.842. The molecule has 1 aliphatic heterocycles. The van der Waals surface area contributed by atoms with Crippen LogP contribution in [0.1, 0.15) is 54.2 Å². The number of nitrogens with zero attached hydrogens (tertiary/aromatic N) is 1. The van der Waals surface area contributed by atoms with Gasteiger partial charge in [0.2, 0.25) is 0 Å². The highest BCUT2D eigenvalue weighted by molar-refractivity contribution is 7.10. The lowest BCUT2D eigenvalue weighted by Crippen LogP contribution is -2.46. The van der Waals surface area contributed by atoms with Crippen LogP contribution in [-0.2, 0) is 23.3 Å². The van der Waals surface area contributed by atoms with Gasteiger partial charge in [0.25, 0.3) is 5.91 Å². The zero-order valence-corrected chi connectivity index (χ0v) is 15.4. The molecule has 1 aliphatic carbocycles. The number of rotatable bonds is 3. The van der Waals surface area contributed by atoms with E-state index in [2.05, 4.69) is 31.3 Å². The van der Waals surface area contributed by atoms with Crippen molar-refractivity contribution in [1.82, 2.24) is 10.2 Å². The lowest BCUT2D eigenvalue weighted by Gasteiger charge is -2.31. The zero-order chi connectivity index (χ0) is 17.6. The van der Waals surface area contributed by atoms with Crippen LogP contribution in [0, 0.1) is 0 Å². The summed E-state index contributed by atoms with van der Waals surface area (Å²) >= 11 is 1.68. The molecule has 1 aromatic heterocycles. The average Bonchev–Trinajstić information content (AvgIpc) is 3.16. The van der Waals surface area contributed by atoms with Gasteiger partial charge in [0.05, 0.1) is 6.54 Å². The van der Waals surface area contributed by atoms with E-state index in [4.69, 9.17) is 0 Å². The number of hydrogen-bond donors (Lipinski definition) is 1. The molecule has 4 rings (SSSR count). The second-order valence-electron chi connectivity index (χ2n) is 7.23. The van der Waals surface area contributed by atoms with Crippen LogP contribution in [0.15, 0.2) is 35.7 Å². The molecular weight excluding hydrogens is 332 g/mol. The van der Waals surface area contributed by atoms with Gasteiger partial charge in [-0.2, -0.15) is 0 Å². The number of aryl methyl sites for hydroxylation is 1. The molecule has 0 bridgehead atoms. The van der Waals surface area contributed by atoms with Gasteiger partial charge < -0.3 is 5.32 Å². The van der Waals surface area contributed by atoms with Crippen molar-refractivity contribution >= 4 is 23.3 Å². The van der Waals surface area contributed by atoms with Crippen molar-refractivity contribution in [2.45, 2.75) is 51.1 Å². The Balaban J connectivity index is 1.61. The normalized spacial score (nSPS) is 22.6. The van der Waals surface area contributed by atoms with Gasteiger partial charge in [-0.25, -0.2) is 4.79 Å². The van der Waals surface area contributed by atoms with Crippen LogP contribution in [0.2, 0.25) is 0 Å². The van der Waals surface area contributed by atoms with Gasteiger partial charge in [0, 0.05) is 10.4 Å². The molecule has 5 heteroatoms. The van der Waals surface area contributed by atoms with E-state index in [1.165, 1.54) is 15.3 Å². The first-order valence-corrected chi connectivity index (χ1v) is 9.69. The van der Waals surface area contributed by atoms with Crippen molar-refractivity contribution in [2.24, 2.45) is 0 Å². The fourth-order valence-electron chi connectivity index (χ4n) is 3.88. The van der Waals surface area contributed by atoms with E-state index >= 15 is 0 Å². The number of thiophene rings is 1. The molecule has 1 N–H and O–H groups in total. The molecule has 1 saturated heterocycles. The Morgan fingerprint density at radius 3 is 2.68 bits per heavy atom. The minimum absolute atomic E-state index is 0.107. The fraction of sp³-hybridized carbons (Fsp3) is 0.400.